The number of aliphatic hydroxyl groups excluding tert-OH is 4. The largest absolute Gasteiger partial charge is 0.479 e. The number of aliphatic hydroxyl groups is 4. The summed E-state index contributed by atoms with van der Waals surface area (Å²) in [5.41, 5.74) is -1.79. The predicted molar refractivity (Wildman–Crippen MR) is 146 cm³/mol. The molecule has 2 heterocycles. The van der Waals surface area contributed by atoms with E-state index in [1.807, 2.05) is 19.9 Å². The van der Waals surface area contributed by atoms with Crippen LogP contribution in [0.2, 0.25) is 0 Å². The topological polar surface area (TPSA) is 189 Å². The molecule has 0 amide bonds. The minimum absolute atomic E-state index is 0.0261. The Kier molecular flexibility index (Phi) is 7.78. The van der Waals surface area contributed by atoms with E-state index >= 15 is 0 Å². The van der Waals surface area contributed by atoms with Gasteiger partial charge >= 0.3 is 5.97 Å². The van der Waals surface area contributed by atoms with E-state index in [-0.39, 0.29) is 30.0 Å². The lowest BCUT2D eigenvalue weighted by molar-refractivity contribution is -0.293. The number of hydrogen-bond acceptors (Lipinski definition) is 11. The highest BCUT2D eigenvalue weighted by atomic mass is 16.7. The lowest BCUT2D eigenvalue weighted by atomic mass is 9.46. The number of carbonyl (C=O) groups excluding carboxylic acids is 2. The molecule has 0 bridgehead atoms. The fourth-order valence-corrected chi connectivity index (χ4v) is 9.46. The number of aliphatic carboxylic acids is 1. The van der Waals surface area contributed by atoms with Gasteiger partial charge < -0.3 is 44.5 Å². The van der Waals surface area contributed by atoms with E-state index in [0.29, 0.717) is 19.3 Å². The number of ketones is 2. The number of Topliss-reactive ketones (excluding diaryl/α,β-unsaturated/α-hetero) is 1. The third-order valence-corrected chi connectivity index (χ3v) is 11.4. The van der Waals surface area contributed by atoms with Crippen molar-refractivity contribution in [1.29, 1.82) is 0 Å². The van der Waals surface area contributed by atoms with Gasteiger partial charge in [-0.1, -0.05) is 38.8 Å². The van der Waals surface area contributed by atoms with Crippen LogP contribution in [0.15, 0.2) is 23.8 Å². The smallest absolute Gasteiger partial charge is 0.335 e. The fraction of sp³-hybridized carbons (Fsp3) is 0.774. The van der Waals surface area contributed by atoms with Crippen molar-refractivity contribution in [3.63, 3.8) is 0 Å². The number of carbonyl (C=O) groups is 3. The second kappa shape index (κ2) is 10.8. The normalized spacial score (nSPS) is 50.3. The van der Waals surface area contributed by atoms with Crippen LogP contribution in [0.25, 0.3) is 0 Å². The Labute approximate surface area is 249 Å². The van der Waals surface area contributed by atoms with Crippen molar-refractivity contribution in [3.05, 3.63) is 23.8 Å². The molecule has 43 heavy (non-hydrogen) atoms. The van der Waals surface area contributed by atoms with Crippen LogP contribution in [0.1, 0.15) is 59.3 Å². The Bertz CT molecular complexity index is 1230. The van der Waals surface area contributed by atoms with Crippen molar-refractivity contribution in [2.45, 2.75) is 114 Å². The van der Waals surface area contributed by atoms with Gasteiger partial charge in [-0.15, -0.1) is 0 Å². The lowest BCUT2D eigenvalue weighted by Crippen LogP contribution is -2.64. The van der Waals surface area contributed by atoms with Gasteiger partial charge in [0.05, 0.1) is 12.2 Å². The van der Waals surface area contributed by atoms with Gasteiger partial charge in [0.15, 0.2) is 35.9 Å². The van der Waals surface area contributed by atoms with E-state index in [4.69, 9.17) is 18.9 Å². The number of hydrogen-bond donors (Lipinski definition) is 5. The first-order chi connectivity index (χ1) is 20.3. The van der Waals surface area contributed by atoms with Crippen LogP contribution in [0.3, 0.4) is 0 Å². The van der Waals surface area contributed by atoms with Crippen LogP contribution in [-0.2, 0) is 33.3 Å². The SMILES string of the molecule is CCCC1O[C@@H]2CC3[C@@H]4CCC5=CC(=O)C=C[C@]5(C)[C@H]4[C@@H](O)C[C@]3(C)[C@]2(C(=O)CO[C@@H]2O[C@H](C(=O)O)[C@@H](O)[C@H](O)[C@H]2O)O1. The molecular formula is C31H42O12. The van der Waals surface area contributed by atoms with Gasteiger partial charge in [0, 0.05) is 16.7 Å². The first-order valence-corrected chi connectivity index (χ1v) is 15.3. The number of ether oxygens (including phenoxy) is 4. The molecule has 238 valence electrons. The number of rotatable bonds is 7. The Hall–Kier alpha value is -2.03. The minimum atomic E-state index is -1.89. The summed E-state index contributed by atoms with van der Waals surface area (Å²) in [7, 11) is 0. The molecule has 12 heteroatoms. The summed E-state index contributed by atoms with van der Waals surface area (Å²) >= 11 is 0. The average Bonchev–Trinajstić information content (AvgIpc) is 3.43. The van der Waals surface area contributed by atoms with Gasteiger partial charge in [0.2, 0.25) is 0 Å². The highest BCUT2D eigenvalue weighted by Crippen LogP contribution is 2.69. The van der Waals surface area contributed by atoms with Crippen molar-refractivity contribution >= 4 is 17.5 Å². The Morgan fingerprint density at radius 1 is 1.09 bits per heavy atom. The summed E-state index contributed by atoms with van der Waals surface area (Å²) in [6.07, 6.45) is -2.43. The summed E-state index contributed by atoms with van der Waals surface area (Å²) in [5, 5.41) is 51.9. The second-order valence-corrected chi connectivity index (χ2v) is 13.6. The number of fused-ring (bicyclic) bond motifs is 7. The van der Waals surface area contributed by atoms with Gasteiger partial charge in [0.1, 0.15) is 24.9 Å². The van der Waals surface area contributed by atoms with Crippen LogP contribution in [0.4, 0.5) is 0 Å². The lowest BCUT2D eigenvalue weighted by Gasteiger charge is -2.59. The molecule has 6 aliphatic rings. The molecular weight excluding hydrogens is 564 g/mol. The molecule has 0 spiro atoms. The average molecular weight is 607 g/mol. The maximum Gasteiger partial charge on any atom is 0.335 e. The van der Waals surface area contributed by atoms with Crippen molar-refractivity contribution in [2.75, 3.05) is 6.61 Å². The summed E-state index contributed by atoms with van der Waals surface area (Å²) in [6.45, 7) is 5.38. The highest BCUT2D eigenvalue weighted by Gasteiger charge is 2.75. The maximum absolute atomic E-state index is 14.3. The molecule has 3 saturated carbocycles. The summed E-state index contributed by atoms with van der Waals surface area (Å²) in [5.74, 6) is -2.27. The van der Waals surface area contributed by atoms with E-state index in [2.05, 4.69) is 6.92 Å². The minimum Gasteiger partial charge on any atom is -0.479 e. The molecule has 0 aromatic rings. The van der Waals surface area contributed by atoms with Crippen molar-refractivity contribution < 1.29 is 58.9 Å². The summed E-state index contributed by atoms with van der Waals surface area (Å²) in [6, 6.07) is 0. The number of carboxylic acid groups (broad SMARTS) is 1. The molecule has 5 N–H and O–H groups in total. The molecule has 6 rings (SSSR count). The molecule has 2 saturated heterocycles. The van der Waals surface area contributed by atoms with Crippen LogP contribution < -0.4 is 0 Å². The molecule has 2 unspecified atom stereocenters. The molecule has 0 aromatic heterocycles. The van der Waals surface area contributed by atoms with E-state index in [0.717, 1.165) is 18.4 Å². The van der Waals surface area contributed by atoms with E-state index in [9.17, 15) is 39.9 Å². The number of allylic oxidation sites excluding steroid dienone is 4. The van der Waals surface area contributed by atoms with Gasteiger partial charge in [-0.2, -0.15) is 0 Å². The van der Waals surface area contributed by atoms with E-state index in [1.54, 1.807) is 12.2 Å². The highest BCUT2D eigenvalue weighted by molar-refractivity contribution is 6.01. The van der Waals surface area contributed by atoms with Crippen molar-refractivity contribution in [3.8, 4) is 0 Å². The Morgan fingerprint density at radius 3 is 2.53 bits per heavy atom. The second-order valence-electron chi connectivity index (χ2n) is 13.6. The van der Waals surface area contributed by atoms with Crippen LogP contribution in [0.5, 0.6) is 0 Å². The third kappa shape index (κ3) is 4.44. The van der Waals surface area contributed by atoms with Gasteiger partial charge in [-0.25, -0.2) is 4.79 Å². The number of carboxylic acids is 1. The Morgan fingerprint density at radius 2 is 1.84 bits per heavy atom. The third-order valence-electron chi connectivity index (χ3n) is 11.4. The van der Waals surface area contributed by atoms with Crippen molar-refractivity contribution in [1.82, 2.24) is 0 Å². The molecule has 0 radical (unpaired) electrons. The molecule has 0 aromatic carbocycles. The van der Waals surface area contributed by atoms with E-state index in [1.165, 1.54) is 0 Å². The van der Waals surface area contributed by atoms with E-state index < -0.39 is 84.0 Å². The fourth-order valence-electron chi connectivity index (χ4n) is 9.46. The van der Waals surface area contributed by atoms with Gasteiger partial charge in [-0.05, 0) is 56.1 Å². The maximum atomic E-state index is 14.3. The first-order valence-electron chi connectivity index (χ1n) is 15.3. The van der Waals surface area contributed by atoms with Crippen LogP contribution in [-0.4, -0.2) is 104 Å². The predicted octanol–water partition coefficient (Wildman–Crippen LogP) is 0.633. The van der Waals surface area contributed by atoms with Crippen LogP contribution >= 0.6 is 0 Å². The molecule has 5 fully saturated rings. The molecule has 12 nitrogen and oxygen atoms in total. The molecule has 2 aliphatic heterocycles. The Balaban J connectivity index is 1.29. The molecule has 4 aliphatic carbocycles. The summed E-state index contributed by atoms with van der Waals surface area (Å²) in [4.78, 5) is 38.0. The quantitative estimate of drug-likeness (QED) is 0.272. The molecule has 14 atom stereocenters. The standard InChI is InChI=1S/C31H42O12/c1-4-5-21-41-20-11-17-16-7-6-14-10-15(32)8-9-29(14,2)22(16)18(33)12-30(17,3)31(20,43-21)19(34)13-40-28-25(37)23(35)24(36)26(42-28)27(38)39/h8-10,16-18,20-26,28,33,35-37H,4-7,11-13H2,1-3H3,(H,38,39)/t16-,17?,18-,20+,21?,22+,23-,24-,25+,26-,28+,29-,30-,31+/m0/s1. The van der Waals surface area contributed by atoms with Crippen molar-refractivity contribution in [2.24, 2.45) is 28.6 Å². The van der Waals surface area contributed by atoms with Crippen LogP contribution in [0, 0.1) is 28.6 Å². The zero-order valence-corrected chi connectivity index (χ0v) is 24.6. The monoisotopic (exact) mass is 606 g/mol. The zero-order valence-electron chi connectivity index (χ0n) is 24.6. The first kappa shape index (κ1) is 31.0. The zero-order chi connectivity index (χ0) is 31.1. The van der Waals surface area contributed by atoms with Gasteiger partial charge in [-0.3, -0.25) is 9.59 Å². The summed E-state index contributed by atoms with van der Waals surface area (Å²) < 4.78 is 23.8. The van der Waals surface area contributed by atoms with Gasteiger partial charge in [0.25, 0.3) is 0 Å².